The second kappa shape index (κ2) is 6.28. The number of rotatable bonds is 4. The summed E-state index contributed by atoms with van der Waals surface area (Å²) in [5.74, 6) is -0.396. The molecular formula is C16H13FN4OS. The highest BCUT2D eigenvalue weighted by Crippen LogP contribution is 2.32. The molecule has 0 radical (unpaired) electrons. The van der Waals surface area contributed by atoms with Gasteiger partial charge < -0.3 is 5.11 Å². The van der Waals surface area contributed by atoms with Crippen LogP contribution in [0.2, 0.25) is 0 Å². The maximum atomic E-state index is 13.5. The molecular weight excluding hydrogens is 315 g/mol. The molecule has 7 heteroatoms. The lowest BCUT2D eigenvalue weighted by molar-refractivity contribution is 0.199. The van der Waals surface area contributed by atoms with Gasteiger partial charge in [-0.15, -0.1) is 11.3 Å². The maximum absolute atomic E-state index is 13.5. The number of aromatic nitrogens is 3. The summed E-state index contributed by atoms with van der Waals surface area (Å²) in [5.41, 5.74) is 4.08. The molecule has 0 amide bonds. The number of nitrogens with zero attached hydrogens (tertiary/aromatic N) is 4. The Morgan fingerprint density at radius 2 is 2.30 bits per heavy atom. The van der Waals surface area contributed by atoms with Crippen molar-refractivity contribution in [3.63, 3.8) is 0 Å². The van der Waals surface area contributed by atoms with Crippen LogP contribution in [0.3, 0.4) is 0 Å². The molecule has 0 saturated heterocycles. The van der Waals surface area contributed by atoms with Gasteiger partial charge in [0.15, 0.2) is 0 Å². The van der Waals surface area contributed by atoms with Gasteiger partial charge in [0.1, 0.15) is 11.9 Å². The van der Waals surface area contributed by atoms with E-state index in [-0.39, 0.29) is 0 Å². The molecule has 1 atom stereocenters. The number of hydrogen-bond donors (Lipinski definition) is 1. The highest BCUT2D eigenvalue weighted by atomic mass is 32.1. The SMILES string of the molecule is CC(O)c1cc(F)ccc1-c1ncsc1Cn1cc(C#N)cn1. The van der Waals surface area contributed by atoms with E-state index in [0.717, 1.165) is 4.88 Å². The fraction of sp³-hybridized carbons (Fsp3) is 0.188. The topological polar surface area (TPSA) is 74.7 Å². The molecule has 1 N–H and O–H groups in total. The van der Waals surface area contributed by atoms with Crippen molar-refractivity contribution in [1.82, 2.24) is 14.8 Å². The van der Waals surface area contributed by atoms with Crippen LogP contribution < -0.4 is 0 Å². The fourth-order valence-electron chi connectivity index (χ4n) is 2.35. The summed E-state index contributed by atoms with van der Waals surface area (Å²) in [5, 5.41) is 22.9. The Hall–Kier alpha value is -2.56. The Morgan fingerprint density at radius 1 is 1.48 bits per heavy atom. The van der Waals surface area contributed by atoms with Crippen molar-refractivity contribution in [2.45, 2.75) is 19.6 Å². The predicted octanol–water partition coefficient (Wildman–Crippen LogP) is 3.12. The molecule has 0 aliphatic rings. The van der Waals surface area contributed by atoms with Crippen molar-refractivity contribution in [2.24, 2.45) is 0 Å². The van der Waals surface area contributed by atoms with Gasteiger partial charge in [-0.25, -0.2) is 9.37 Å². The van der Waals surface area contributed by atoms with Crippen molar-refractivity contribution >= 4 is 11.3 Å². The van der Waals surface area contributed by atoms with Gasteiger partial charge in [-0.1, -0.05) is 0 Å². The molecule has 1 unspecified atom stereocenters. The van der Waals surface area contributed by atoms with E-state index in [4.69, 9.17) is 5.26 Å². The lowest BCUT2D eigenvalue weighted by atomic mass is 10.00. The normalized spacial score (nSPS) is 12.1. The molecule has 2 heterocycles. The zero-order chi connectivity index (χ0) is 16.4. The molecule has 0 spiro atoms. The third kappa shape index (κ3) is 3.13. The molecule has 0 fully saturated rings. The Balaban J connectivity index is 2.00. The first-order valence-corrected chi connectivity index (χ1v) is 7.79. The number of thiazole rings is 1. The second-order valence-corrected chi connectivity index (χ2v) is 6.01. The lowest BCUT2D eigenvalue weighted by Gasteiger charge is -2.12. The minimum atomic E-state index is -0.801. The number of aliphatic hydroxyl groups excluding tert-OH is 1. The average Bonchev–Trinajstić information content (AvgIpc) is 3.17. The Morgan fingerprint density at radius 3 is 3.00 bits per heavy atom. The first kappa shape index (κ1) is 15.3. The first-order chi connectivity index (χ1) is 11.1. The predicted molar refractivity (Wildman–Crippen MR) is 84.2 cm³/mol. The number of aliphatic hydroxyl groups is 1. The van der Waals surface area contributed by atoms with Crippen LogP contribution in [0, 0.1) is 17.1 Å². The van der Waals surface area contributed by atoms with Crippen molar-refractivity contribution < 1.29 is 9.50 Å². The average molecular weight is 328 g/mol. The Labute approximate surface area is 136 Å². The van der Waals surface area contributed by atoms with Gasteiger partial charge in [0, 0.05) is 11.8 Å². The van der Waals surface area contributed by atoms with Crippen LogP contribution >= 0.6 is 11.3 Å². The summed E-state index contributed by atoms with van der Waals surface area (Å²) < 4.78 is 15.1. The van der Waals surface area contributed by atoms with Crippen LogP contribution in [-0.4, -0.2) is 19.9 Å². The van der Waals surface area contributed by atoms with Crippen LogP contribution in [-0.2, 0) is 6.54 Å². The van der Waals surface area contributed by atoms with E-state index in [1.165, 1.54) is 29.7 Å². The van der Waals surface area contributed by atoms with Crippen LogP contribution in [0.15, 0.2) is 36.1 Å². The summed E-state index contributed by atoms with van der Waals surface area (Å²) in [7, 11) is 0. The monoisotopic (exact) mass is 328 g/mol. The third-order valence-corrected chi connectivity index (χ3v) is 4.25. The smallest absolute Gasteiger partial charge is 0.123 e. The van der Waals surface area contributed by atoms with Crippen molar-refractivity contribution in [1.29, 1.82) is 5.26 Å². The highest BCUT2D eigenvalue weighted by molar-refractivity contribution is 7.10. The fourth-order valence-corrected chi connectivity index (χ4v) is 3.12. The molecule has 2 aromatic heterocycles. The first-order valence-electron chi connectivity index (χ1n) is 6.91. The number of benzene rings is 1. The lowest BCUT2D eigenvalue weighted by Crippen LogP contribution is -2.02. The Kier molecular flexibility index (Phi) is 4.19. The summed E-state index contributed by atoms with van der Waals surface area (Å²) in [6.07, 6.45) is 2.36. The summed E-state index contributed by atoms with van der Waals surface area (Å²) in [6.45, 7) is 2.05. The van der Waals surface area contributed by atoms with E-state index in [1.54, 1.807) is 29.4 Å². The van der Waals surface area contributed by atoms with E-state index in [0.29, 0.717) is 28.9 Å². The molecule has 0 aliphatic heterocycles. The standard InChI is InChI=1S/C16H13FN4OS/c1-10(22)14-4-12(17)2-3-13(14)16-15(23-9-19-16)8-21-7-11(5-18)6-20-21/h2-4,6-7,9-10,22H,8H2,1H3. The quantitative estimate of drug-likeness (QED) is 0.798. The maximum Gasteiger partial charge on any atom is 0.123 e. The minimum Gasteiger partial charge on any atom is -0.389 e. The van der Waals surface area contributed by atoms with Crippen LogP contribution in [0.25, 0.3) is 11.3 Å². The number of hydrogen-bond acceptors (Lipinski definition) is 5. The van der Waals surface area contributed by atoms with Crippen molar-refractivity contribution in [2.75, 3.05) is 0 Å². The van der Waals surface area contributed by atoms with E-state index in [1.807, 2.05) is 6.07 Å². The van der Waals surface area contributed by atoms with Gasteiger partial charge in [-0.3, -0.25) is 4.68 Å². The molecule has 0 saturated carbocycles. The zero-order valence-corrected chi connectivity index (χ0v) is 13.1. The summed E-state index contributed by atoms with van der Waals surface area (Å²) >= 11 is 1.45. The largest absolute Gasteiger partial charge is 0.389 e. The molecule has 3 rings (SSSR count). The van der Waals surface area contributed by atoms with Crippen LogP contribution in [0.5, 0.6) is 0 Å². The van der Waals surface area contributed by atoms with E-state index in [2.05, 4.69) is 10.1 Å². The number of halogens is 1. The molecule has 1 aromatic carbocycles. The molecule has 116 valence electrons. The minimum absolute atomic E-state index is 0.396. The highest BCUT2D eigenvalue weighted by Gasteiger charge is 2.17. The van der Waals surface area contributed by atoms with Gasteiger partial charge in [-0.05, 0) is 30.7 Å². The van der Waals surface area contributed by atoms with Crippen molar-refractivity contribution in [3.8, 4) is 17.3 Å². The molecule has 5 nitrogen and oxygen atoms in total. The summed E-state index contributed by atoms with van der Waals surface area (Å²) in [4.78, 5) is 5.28. The second-order valence-electron chi connectivity index (χ2n) is 5.07. The summed E-state index contributed by atoms with van der Waals surface area (Å²) in [6, 6.07) is 6.34. The van der Waals surface area contributed by atoms with Gasteiger partial charge in [0.05, 0.1) is 40.5 Å². The van der Waals surface area contributed by atoms with E-state index >= 15 is 0 Å². The zero-order valence-electron chi connectivity index (χ0n) is 12.3. The van der Waals surface area contributed by atoms with Gasteiger partial charge >= 0.3 is 0 Å². The Bertz CT molecular complexity index is 878. The van der Waals surface area contributed by atoms with Gasteiger partial charge in [-0.2, -0.15) is 10.4 Å². The van der Waals surface area contributed by atoms with Crippen molar-refractivity contribution in [3.05, 3.63) is 57.9 Å². The van der Waals surface area contributed by atoms with Crippen LogP contribution in [0.1, 0.15) is 29.0 Å². The molecule has 0 bridgehead atoms. The molecule has 23 heavy (non-hydrogen) atoms. The van der Waals surface area contributed by atoms with E-state index < -0.39 is 11.9 Å². The molecule has 0 aliphatic carbocycles. The third-order valence-electron chi connectivity index (χ3n) is 3.43. The molecule has 3 aromatic rings. The van der Waals surface area contributed by atoms with Gasteiger partial charge in [0.25, 0.3) is 0 Å². The van der Waals surface area contributed by atoms with E-state index in [9.17, 15) is 9.50 Å². The van der Waals surface area contributed by atoms with Gasteiger partial charge in [0.2, 0.25) is 0 Å². The van der Waals surface area contributed by atoms with Crippen LogP contribution in [0.4, 0.5) is 4.39 Å². The number of nitriles is 1.